The lowest BCUT2D eigenvalue weighted by molar-refractivity contribution is -0.133. The topological polar surface area (TPSA) is 71.5 Å². The van der Waals surface area contributed by atoms with E-state index in [0.29, 0.717) is 35.9 Å². The Morgan fingerprint density at radius 3 is 1.70 bits per heavy atom. The third kappa shape index (κ3) is 4.78. The van der Waals surface area contributed by atoms with Crippen molar-refractivity contribution >= 4 is 81.7 Å². The minimum atomic E-state index is -1.63. The second-order valence-electron chi connectivity index (χ2n) is 6.69. The Balaban J connectivity index is 0.000000184. The number of allylic oxidation sites excluding steroid dienone is 4. The zero-order chi connectivity index (χ0) is 22.1. The van der Waals surface area contributed by atoms with Gasteiger partial charge in [0.15, 0.2) is 16.4 Å². The van der Waals surface area contributed by atoms with Crippen molar-refractivity contribution in [2.45, 2.75) is 21.3 Å². The second kappa shape index (κ2) is 9.45. The first-order valence-corrected chi connectivity index (χ1v) is 11.3. The van der Waals surface area contributed by atoms with Crippen LogP contribution in [0.1, 0.15) is 33.6 Å². The predicted octanol–water partition coefficient (Wildman–Crippen LogP) is 5.14. The first-order valence-electron chi connectivity index (χ1n) is 8.87. The van der Waals surface area contributed by atoms with Crippen LogP contribution in [0.4, 0.5) is 0 Å². The Morgan fingerprint density at radius 2 is 1.30 bits per heavy atom. The van der Waals surface area contributed by atoms with Gasteiger partial charge in [0.05, 0.1) is 11.8 Å². The molecule has 0 aromatic heterocycles. The number of benzene rings is 1. The van der Waals surface area contributed by atoms with E-state index < -0.39 is 8.50 Å². The first-order chi connectivity index (χ1) is 14.1. The summed E-state index contributed by atoms with van der Waals surface area (Å²) in [6, 6.07) is 6.84. The third-order valence-electron chi connectivity index (χ3n) is 4.78. The normalized spacial score (nSPS) is 22.8. The highest BCUT2D eigenvalue weighted by atomic mass is 35.5. The Bertz CT molecular complexity index is 897. The van der Waals surface area contributed by atoms with Gasteiger partial charge in [-0.15, -0.1) is 23.2 Å². The molecule has 1 aromatic rings. The SMILES string of the molecule is O=C1C2CC=CCC2C(=O)N1SC(Cl)(Cl)C(Cl)Cl.O=C1C=CC(=O)c2ccccc21. The lowest BCUT2D eigenvalue weighted by atomic mass is 9.85. The molecule has 2 aliphatic carbocycles. The standard InChI is InChI=1S/C10H9Cl4NO2S.C10H6O2/c11-9(12)10(13,14)18-15-7(16)5-3-1-2-4-6(5)8(15)17;11-9-5-6-10(12)8-4-2-1-3-7(8)9/h1-2,5-6,9H,3-4H2;1-6H. The molecule has 3 aliphatic rings. The molecule has 5 nitrogen and oxygen atoms in total. The van der Waals surface area contributed by atoms with Crippen molar-refractivity contribution in [2.24, 2.45) is 11.8 Å². The van der Waals surface area contributed by atoms with E-state index in [1.54, 1.807) is 24.3 Å². The second-order valence-corrected chi connectivity index (χ2v) is 10.8. The molecule has 1 fully saturated rings. The zero-order valence-corrected chi connectivity index (χ0v) is 19.1. The number of hydrogen-bond acceptors (Lipinski definition) is 5. The van der Waals surface area contributed by atoms with Crippen molar-refractivity contribution < 1.29 is 19.2 Å². The van der Waals surface area contributed by atoms with E-state index in [4.69, 9.17) is 46.4 Å². The molecule has 1 aliphatic heterocycles. The number of alkyl halides is 4. The van der Waals surface area contributed by atoms with E-state index in [2.05, 4.69) is 0 Å². The summed E-state index contributed by atoms with van der Waals surface area (Å²) in [5.74, 6) is -1.38. The molecule has 0 spiro atoms. The molecule has 2 unspecified atom stereocenters. The number of carbonyl (C=O) groups excluding carboxylic acids is 4. The highest BCUT2D eigenvalue weighted by Crippen LogP contribution is 2.48. The molecule has 10 heteroatoms. The predicted molar refractivity (Wildman–Crippen MR) is 119 cm³/mol. The molecule has 1 heterocycles. The summed E-state index contributed by atoms with van der Waals surface area (Å²) in [5, 5.41) is 0. The molecule has 0 saturated carbocycles. The van der Waals surface area contributed by atoms with E-state index in [0.717, 1.165) is 4.31 Å². The largest absolute Gasteiger partial charge is 0.289 e. The summed E-state index contributed by atoms with van der Waals surface area (Å²) in [4.78, 5) is 45.5. The molecule has 2 atom stereocenters. The van der Waals surface area contributed by atoms with E-state index >= 15 is 0 Å². The summed E-state index contributed by atoms with van der Waals surface area (Å²) in [6.45, 7) is 0. The fraction of sp³-hybridized carbons (Fsp3) is 0.300. The van der Waals surface area contributed by atoms with Gasteiger partial charge in [-0.3, -0.25) is 19.2 Å². The smallest absolute Gasteiger partial charge is 0.243 e. The monoisotopic (exact) mass is 505 g/mol. The van der Waals surface area contributed by atoms with Crippen molar-refractivity contribution in [1.29, 1.82) is 0 Å². The minimum Gasteiger partial charge on any atom is -0.289 e. The molecule has 0 radical (unpaired) electrons. The van der Waals surface area contributed by atoms with Gasteiger partial charge in [-0.1, -0.05) is 59.6 Å². The molecular weight excluding hydrogens is 492 g/mol. The molecule has 2 amide bonds. The zero-order valence-electron chi connectivity index (χ0n) is 15.3. The molecule has 0 bridgehead atoms. The van der Waals surface area contributed by atoms with Crippen LogP contribution in [0.2, 0.25) is 0 Å². The van der Waals surface area contributed by atoms with Crippen LogP contribution in [0, 0.1) is 11.8 Å². The fourth-order valence-corrected chi connectivity index (χ4v) is 4.69. The Morgan fingerprint density at radius 1 is 0.867 bits per heavy atom. The van der Waals surface area contributed by atoms with Gasteiger partial charge in [0.1, 0.15) is 0 Å². The number of halogens is 4. The minimum absolute atomic E-state index is 0.0924. The summed E-state index contributed by atoms with van der Waals surface area (Å²) in [6.07, 6.45) is 7.56. The number of imide groups is 1. The van der Waals surface area contributed by atoms with Crippen molar-refractivity contribution in [2.75, 3.05) is 0 Å². The fourth-order valence-electron chi connectivity index (χ4n) is 3.27. The summed E-state index contributed by atoms with van der Waals surface area (Å²) in [5.41, 5.74) is 1.01. The molecule has 158 valence electrons. The van der Waals surface area contributed by atoms with Gasteiger partial charge in [-0.2, -0.15) is 0 Å². The molecular formula is C20H15Cl4NO4S. The van der Waals surface area contributed by atoms with Gasteiger partial charge in [-0.25, -0.2) is 4.31 Å². The summed E-state index contributed by atoms with van der Waals surface area (Å²) >= 11 is 23.7. The molecule has 4 rings (SSSR count). The van der Waals surface area contributed by atoms with Crippen LogP contribution in [0.3, 0.4) is 0 Å². The number of rotatable bonds is 3. The van der Waals surface area contributed by atoms with Gasteiger partial charge >= 0.3 is 0 Å². The number of hydrogen-bond donors (Lipinski definition) is 0. The number of amides is 2. The van der Waals surface area contributed by atoms with Gasteiger partial charge in [0.25, 0.3) is 0 Å². The van der Waals surface area contributed by atoms with E-state index in [9.17, 15) is 19.2 Å². The molecule has 1 saturated heterocycles. The van der Waals surface area contributed by atoms with Crippen LogP contribution >= 0.6 is 58.4 Å². The van der Waals surface area contributed by atoms with Crippen molar-refractivity contribution in [1.82, 2.24) is 4.31 Å². The number of ketones is 2. The lowest BCUT2D eigenvalue weighted by Gasteiger charge is -2.24. The van der Waals surface area contributed by atoms with Crippen LogP contribution in [0.5, 0.6) is 0 Å². The van der Waals surface area contributed by atoms with Crippen LogP contribution in [0.25, 0.3) is 0 Å². The maximum atomic E-state index is 12.1. The van der Waals surface area contributed by atoms with Gasteiger partial charge in [-0.05, 0) is 25.0 Å². The summed E-state index contributed by atoms with van der Waals surface area (Å²) in [7, 11) is 0. The molecule has 0 N–H and O–H groups in total. The highest BCUT2D eigenvalue weighted by molar-refractivity contribution is 8.02. The maximum absolute atomic E-state index is 12.1. The maximum Gasteiger partial charge on any atom is 0.243 e. The average Bonchev–Trinajstić information content (AvgIpc) is 2.96. The summed E-state index contributed by atoms with van der Waals surface area (Å²) < 4.78 is -0.630. The first kappa shape index (κ1) is 23.4. The number of fused-ring (bicyclic) bond motifs is 2. The van der Waals surface area contributed by atoms with E-state index in [-0.39, 0.29) is 35.2 Å². The molecule has 1 aromatic carbocycles. The van der Waals surface area contributed by atoms with Crippen LogP contribution in [0.15, 0.2) is 48.6 Å². The number of nitrogens with zero attached hydrogens (tertiary/aromatic N) is 1. The van der Waals surface area contributed by atoms with E-state index in [1.165, 1.54) is 12.2 Å². The van der Waals surface area contributed by atoms with Crippen molar-refractivity contribution in [3.8, 4) is 0 Å². The Labute approximate surface area is 197 Å². The van der Waals surface area contributed by atoms with Crippen LogP contribution < -0.4 is 0 Å². The van der Waals surface area contributed by atoms with Crippen LogP contribution in [-0.4, -0.2) is 36.2 Å². The van der Waals surface area contributed by atoms with Crippen LogP contribution in [-0.2, 0) is 9.59 Å². The average molecular weight is 507 g/mol. The molecule has 30 heavy (non-hydrogen) atoms. The Kier molecular flexibility index (Phi) is 7.36. The van der Waals surface area contributed by atoms with Crippen molar-refractivity contribution in [3.63, 3.8) is 0 Å². The van der Waals surface area contributed by atoms with E-state index in [1.807, 2.05) is 12.2 Å². The highest BCUT2D eigenvalue weighted by Gasteiger charge is 2.51. The number of carbonyl (C=O) groups is 4. The lowest BCUT2D eigenvalue weighted by Crippen LogP contribution is -2.31. The van der Waals surface area contributed by atoms with Crippen molar-refractivity contribution in [3.05, 3.63) is 59.7 Å². The Hall–Kier alpha value is -1.31. The van der Waals surface area contributed by atoms with Gasteiger partial charge < -0.3 is 0 Å². The van der Waals surface area contributed by atoms with Gasteiger partial charge in [0.2, 0.25) is 15.5 Å². The van der Waals surface area contributed by atoms with Gasteiger partial charge in [0, 0.05) is 23.1 Å². The third-order valence-corrected chi connectivity index (χ3v) is 8.01. The quantitative estimate of drug-likeness (QED) is 0.245.